The molecule has 0 bridgehead atoms. The second kappa shape index (κ2) is 6.28. The van der Waals surface area contributed by atoms with Gasteiger partial charge in [0.2, 0.25) is 17.7 Å². The zero-order valence-electron chi connectivity index (χ0n) is 13.1. The van der Waals surface area contributed by atoms with Crippen LogP contribution in [0.3, 0.4) is 0 Å². The first kappa shape index (κ1) is 15.5. The van der Waals surface area contributed by atoms with E-state index in [-0.39, 0.29) is 18.4 Å². The van der Waals surface area contributed by atoms with Crippen LogP contribution >= 0.6 is 0 Å². The molecule has 1 aliphatic heterocycles. The molecule has 2 unspecified atom stereocenters. The fourth-order valence-corrected chi connectivity index (χ4v) is 2.66. The van der Waals surface area contributed by atoms with Crippen molar-refractivity contribution in [2.45, 2.75) is 65.6 Å². The Morgan fingerprint density at radius 2 is 2.00 bits per heavy atom. The highest BCUT2D eigenvalue weighted by molar-refractivity contribution is 5.96. The number of aromatic nitrogens is 1. The summed E-state index contributed by atoms with van der Waals surface area (Å²) in [4.78, 5) is 30.7. The molecule has 0 saturated carbocycles. The molecule has 0 aromatic carbocycles. The predicted octanol–water partition coefficient (Wildman–Crippen LogP) is 1.70. The topological polar surface area (TPSA) is 75.4 Å². The molecule has 0 aliphatic carbocycles. The van der Waals surface area contributed by atoms with Gasteiger partial charge in [-0.3, -0.25) is 9.59 Å². The van der Waals surface area contributed by atoms with Crippen molar-refractivity contribution in [1.82, 2.24) is 15.2 Å². The number of piperazine rings is 1. The maximum atomic E-state index is 12.6. The summed E-state index contributed by atoms with van der Waals surface area (Å²) in [7, 11) is 0. The Bertz CT molecular complexity index is 519. The first-order valence-electron chi connectivity index (χ1n) is 7.51. The number of carbonyl (C=O) groups is 2. The molecule has 116 valence electrons. The number of hydrogen-bond acceptors (Lipinski definition) is 4. The van der Waals surface area contributed by atoms with Gasteiger partial charge in [0, 0.05) is 0 Å². The normalized spacial score (nSPS) is 22.6. The van der Waals surface area contributed by atoms with Crippen LogP contribution in [0, 0.1) is 13.8 Å². The molecule has 1 aromatic heterocycles. The lowest BCUT2D eigenvalue weighted by Crippen LogP contribution is -2.62. The van der Waals surface area contributed by atoms with Crippen molar-refractivity contribution in [1.29, 1.82) is 0 Å². The van der Waals surface area contributed by atoms with Gasteiger partial charge in [0.1, 0.15) is 17.8 Å². The van der Waals surface area contributed by atoms with Crippen LogP contribution in [-0.4, -0.2) is 33.8 Å². The Labute approximate surface area is 124 Å². The highest BCUT2D eigenvalue weighted by atomic mass is 16.4. The average Bonchev–Trinajstić information content (AvgIpc) is 2.74. The first-order chi connectivity index (χ1) is 9.97. The summed E-state index contributed by atoms with van der Waals surface area (Å²) >= 11 is 0. The number of rotatable bonds is 5. The van der Waals surface area contributed by atoms with E-state index in [1.807, 2.05) is 27.7 Å². The summed E-state index contributed by atoms with van der Waals surface area (Å²) in [6.45, 7) is 7.85. The Hall–Kier alpha value is -1.85. The van der Waals surface area contributed by atoms with Gasteiger partial charge in [-0.15, -0.1) is 0 Å². The van der Waals surface area contributed by atoms with E-state index in [2.05, 4.69) is 10.3 Å². The van der Waals surface area contributed by atoms with Gasteiger partial charge in [0.05, 0.1) is 12.2 Å². The van der Waals surface area contributed by atoms with Crippen molar-refractivity contribution in [3.05, 3.63) is 17.3 Å². The summed E-state index contributed by atoms with van der Waals surface area (Å²) in [5, 5.41) is 2.82. The lowest BCUT2D eigenvalue weighted by atomic mass is 10.0. The third kappa shape index (κ3) is 3.09. The van der Waals surface area contributed by atoms with Crippen molar-refractivity contribution in [3.8, 4) is 0 Å². The molecule has 1 saturated heterocycles. The fourth-order valence-electron chi connectivity index (χ4n) is 2.66. The number of nitrogens with one attached hydrogen (secondary N) is 1. The third-order valence-corrected chi connectivity index (χ3v) is 3.92. The molecule has 21 heavy (non-hydrogen) atoms. The molecular weight excluding hydrogens is 270 g/mol. The smallest absolute Gasteiger partial charge is 0.246 e. The molecule has 1 aromatic rings. The highest BCUT2D eigenvalue weighted by Crippen LogP contribution is 2.19. The van der Waals surface area contributed by atoms with Gasteiger partial charge in [0.15, 0.2) is 0 Å². The van der Waals surface area contributed by atoms with Crippen LogP contribution < -0.4 is 5.32 Å². The fraction of sp³-hybridized carbons (Fsp3) is 0.667. The number of hydrogen-bond donors (Lipinski definition) is 1. The van der Waals surface area contributed by atoms with Crippen LogP contribution in [0.15, 0.2) is 4.42 Å². The number of oxazole rings is 1. The monoisotopic (exact) mass is 293 g/mol. The van der Waals surface area contributed by atoms with Crippen LogP contribution in [0.2, 0.25) is 0 Å². The summed E-state index contributed by atoms with van der Waals surface area (Å²) < 4.78 is 5.55. The van der Waals surface area contributed by atoms with E-state index in [0.29, 0.717) is 18.7 Å². The largest absolute Gasteiger partial charge is 0.444 e. The van der Waals surface area contributed by atoms with Crippen molar-refractivity contribution in [2.24, 2.45) is 0 Å². The molecule has 2 rings (SSSR count). The molecule has 6 nitrogen and oxygen atoms in total. The third-order valence-electron chi connectivity index (χ3n) is 3.92. The second-order valence-electron chi connectivity index (χ2n) is 5.49. The summed E-state index contributed by atoms with van der Waals surface area (Å²) in [5.74, 6) is 1.10. The zero-order chi connectivity index (χ0) is 15.6. The number of nitrogens with zero attached hydrogens (tertiary/aromatic N) is 2. The lowest BCUT2D eigenvalue weighted by molar-refractivity contribution is -0.150. The van der Waals surface area contributed by atoms with E-state index in [0.717, 1.165) is 17.9 Å². The van der Waals surface area contributed by atoms with E-state index in [1.54, 1.807) is 4.90 Å². The quantitative estimate of drug-likeness (QED) is 0.896. The highest BCUT2D eigenvalue weighted by Gasteiger charge is 2.39. The minimum absolute atomic E-state index is 0.0446. The summed E-state index contributed by atoms with van der Waals surface area (Å²) in [5.41, 5.74) is 0.817. The first-order valence-corrected chi connectivity index (χ1v) is 7.51. The Morgan fingerprint density at radius 3 is 2.52 bits per heavy atom. The standard InChI is InChI=1S/C15H23N3O3/c1-5-7-11-15(20)18(12(6-2)14(19)17-11)8-13-16-9(3)10(4)21-13/h11-12H,5-8H2,1-4H3,(H,17,19). The van der Waals surface area contributed by atoms with Crippen LogP contribution in [0.25, 0.3) is 0 Å². The number of carbonyl (C=O) groups excluding carboxylic acids is 2. The molecule has 1 aliphatic rings. The van der Waals surface area contributed by atoms with Gasteiger partial charge in [-0.2, -0.15) is 0 Å². The zero-order valence-corrected chi connectivity index (χ0v) is 13.1. The van der Waals surface area contributed by atoms with E-state index in [1.165, 1.54) is 0 Å². The Kier molecular flexibility index (Phi) is 4.65. The molecule has 0 spiro atoms. The summed E-state index contributed by atoms with van der Waals surface area (Å²) in [6, 6.07) is -0.874. The Morgan fingerprint density at radius 1 is 1.29 bits per heavy atom. The van der Waals surface area contributed by atoms with E-state index in [9.17, 15) is 9.59 Å². The molecule has 1 fully saturated rings. The Balaban J connectivity index is 2.22. The van der Waals surface area contributed by atoms with Gasteiger partial charge < -0.3 is 14.6 Å². The molecule has 2 heterocycles. The summed E-state index contributed by atoms with van der Waals surface area (Å²) in [6.07, 6.45) is 2.08. The molecule has 0 radical (unpaired) electrons. The van der Waals surface area contributed by atoms with Crippen LogP contribution in [0.5, 0.6) is 0 Å². The molecule has 1 N–H and O–H groups in total. The molecule has 2 atom stereocenters. The van der Waals surface area contributed by atoms with E-state index < -0.39 is 12.1 Å². The maximum Gasteiger partial charge on any atom is 0.246 e. The molecular formula is C15H23N3O3. The van der Waals surface area contributed by atoms with Crippen LogP contribution in [0.4, 0.5) is 0 Å². The maximum absolute atomic E-state index is 12.6. The molecule has 6 heteroatoms. The second-order valence-corrected chi connectivity index (χ2v) is 5.49. The van der Waals surface area contributed by atoms with Crippen molar-refractivity contribution in [3.63, 3.8) is 0 Å². The van der Waals surface area contributed by atoms with Crippen molar-refractivity contribution < 1.29 is 14.0 Å². The van der Waals surface area contributed by atoms with E-state index in [4.69, 9.17) is 4.42 Å². The number of amides is 2. The van der Waals surface area contributed by atoms with E-state index >= 15 is 0 Å². The SMILES string of the molecule is CCCC1NC(=O)C(CC)N(Cc2nc(C)c(C)o2)C1=O. The van der Waals surface area contributed by atoms with Gasteiger partial charge in [-0.05, 0) is 26.7 Å². The average molecular weight is 293 g/mol. The number of aryl methyl sites for hydroxylation is 2. The van der Waals surface area contributed by atoms with Gasteiger partial charge in [0.25, 0.3) is 0 Å². The van der Waals surface area contributed by atoms with Crippen molar-refractivity contribution in [2.75, 3.05) is 0 Å². The van der Waals surface area contributed by atoms with Crippen LogP contribution in [-0.2, 0) is 16.1 Å². The molecule has 2 amide bonds. The van der Waals surface area contributed by atoms with Crippen LogP contribution in [0.1, 0.15) is 50.5 Å². The predicted molar refractivity (Wildman–Crippen MR) is 77.4 cm³/mol. The van der Waals surface area contributed by atoms with Gasteiger partial charge in [-0.25, -0.2) is 4.98 Å². The minimum atomic E-state index is -0.446. The minimum Gasteiger partial charge on any atom is -0.444 e. The van der Waals surface area contributed by atoms with Gasteiger partial charge in [-0.1, -0.05) is 20.3 Å². The lowest BCUT2D eigenvalue weighted by Gasteiger charge is -2.37. The van der Waals surface area contributed by atoms with Crippen molar-refractivity contribution >= 4 is 11.8 Å². The van der Waals surface area contributed by atoms with Gasteiger partial charge >= 0.3 is 0 Å².